The van der Waals surface area contributed by atoms with Crippen LogP contribution in [0.5, 0.6) is 5.75 Å². The Morgan fingerprint density at radius 3 is 2.73 bits per heavy atom. The van der Waals surface area contributed by atoms with Crippen molar-refractivity contribution in [3.05, 3.63) is 29.0 Å². The number of halogens is 2. The van der Waals surface area contributed by atoms with Crippen molar-refractivity contribution < 1.29 is 14.0 Å². The molecular formula is C9H6ClFN2O2. The number of nitrogens with two attached hydrogens (primary N) is 1. The molecule has 78 valence electrons. The average Bonchev–Trinajstić information content (AvgIpc) is 2.58. The van der Waals surface area contributed by atoms with Crippen molar-refractivity contribution in [3.8, 4) is 17.1 Å². The Morgan fingerprint density at radius 1 is 1.40 bits per heavy atom. The lowest BCUT2D eigenvalue weighted by molar-refractivity contribution is 0.417. The van der Waals surface area contributed by atoms with Crippen LogP contribution in [-0.4, -0.2) is 10.3 Å². The first kappa shape index (κ1) is 9.79. The summed E-state index contributed by atoms with van der Waals surface area (Å²) in [6, 6.07) is 3.73. The second kappa shape index (κ2) is 3.43. The Morgan fingerprint density at radius 2 is 2.13 bits per heavy atom. The molecule has 1 aromatic carbocycles. The minimum atomic E-state index is -0.826. The maximum absolute atomic E-state index is 13.1. The zero-order chi connectivity index (χ0) is 11.0. The molecule has 2 rings (SSSR count). The molecule has 0 saturated carbocycles. The average molecular weight is 229 g/mol. The highest BCUT2D eigenvalue weighted by Crippen LogP contribution is 2.34. The van der Waals surface area contributed by atoms with E-state index in [9.17, 15) is 9.50 Å². The molecule has 4 nitrogen and oxygen atoms in total. The van der Waals surface area contributed by atoms with E-state index in [1.165, 1.54) is 12.1 Å². The third-order valence-corrected chi connectivity index (χ3v) is 2.04. The van der Waals surface area contributed by atoms with Crippen LogP contribution >= 0.6 is 11.6 Å². The Kier molecular flexibility index (Phi) is 2.24. The second-order valence-electron chi connectivity index (χ2n) is 2.90. The Labute approximate surface area is 89.1 Å². The van der Waals surface area contributed by atoms with Gasteiger partial charge in [0.1, 0.15) is 0 Å². The predicted molar refractivity (Wildman–Crippen MR) is 53.0 cm³/mol. The van der Waals surface area contributed by atoms with Gasteiger partial charge in [-0.3, -0.25) is 0 Å². The van der Waals surface area contributed by atoms with E-state index >= 15 is 0 Å². The van der Waals surface area contributed by atoms with E-state index in [0.29, 0.717) is 0 Å². The fraction of sp³-hybridized carbons (Fsp3) is 0. The van der Waals surface area contributed by atoms with Crippen molar-refractivity contribution in [1.82, 2.24) is 5.16 Å². The molecule has 0 spiro atoms. The lowest BCUT2D eigenvalue weighted by atomic mass is 10.1. The minimum absolute atomic E-state index is 0.115. The van der Waals surface area contributed by atoms with Crippen LogP contribution < -0.4 is 5.73 Å². The SMILES string of the molecule is Nc1cc(-c2cc(Cl)cc(F)c2O)on1. The van der Waals surface area contributed by atoms with Crippen molar-refractivity contribution in [2.24, 2.45) is 0 Å². The lowest BCUT2D eigenvalue weighted by Gasteiger charge is -2.02. The van der Waals surface area contributed by atoms with Gasteiger partial charge in [-0.2, -0.15) is 0 Å². The summed E-state index contributed by atoms with van der Waals surface area (Å²) in [6.45, 7) is 0. The van der Waals surface area contributed by atoms with Crippen molar-refractivity contribution in [1.29, 1.82) is 0 Å². The molecule has 0 bridgehead atoms. The standard InChI is InChI=1S/C9H6ClFN2O2/c10-4-1-5(9(14)6(11)2-4)7-3-8(12)13-15-7/h1-3,14H,(H2,12,13). The van der Waals surface area contributed by atoms with Gasteiger partial charge in [0.15, 0.2) is 23.1 Å². The summed E-state index contributed by atoms with van der Waals surface area (Å²) in [7, 11) is 0. The number of nitrogen functional groups attached to an aromatic ring is 1. The van der Waals surface area contributed by atoms with Crippen LogP contribution in [0.1, 0.15) is 0 Å². The molecule has 6 heteroatoms. The topological polar surface area (TPSA) is 72.3 Å². The number of hydrogen-bond acceptors (Lipinski definition) is 4. The van der Waals surface area contributed by atoms with Crippen molar-refractivity contribution >= 4 is 17.4 Å². The highest BCUT2D eigenvalue weighted by atomic mass is 35.5. The van der Waals surface area contributed by atoms with Crippen LogP contribution in [0.25, 0.3) is 11.3 Å². The number of nitrogens with zero attached hydrogens (tertiary/aromatic N) is 1. The summed E-state index contributed by atoms with van der Waals surface area (Å²) >= 11 is 5.63. The van der Waals surface area contributed by atoms with E-state index in [0.717, 1.165) is 6.07 Å². The van der Waals surface area contributed by atoms with Crippen LogP contribution in [0.4, 0.5) is 10.2 Å². The number of hydrogen-bond donors (Lipinski definition) is 2. The van der Waals surface area contributed by atoms with Gasteiger partial charge in [-0.25, -0.2) is 4.39 Å². The molecule has 1 aromatic heterocycles. The van der Waals surface area contributed by atoms with E-state index in [1.54, 1.807) is 0 Å². The molecule has 3 N–H and O–H groups in total. The van der Waals surface area contributed by atoms with Gasteiger partial charge in [-0.05, 0) is 12.1 Å². The third-order valence-electron chi connectivity index (χ3n) is 1.82. The predicted octanol–water partition coefficient (Wildman–Crippen LogP) is 2.42. The summed E-state index contributed by atoms with van der Waals surface area (Å²) in [6.07, 6.45) is 0. The first-order valence-electron chi connectivity index (χ1n) is 3.98. The molecule has 15 heavy (non-hydrogen) atoms. The van der Waals surface area contributed by atoms with Crippen molar-refractivity contribution in [2.75, 3.05) is 5.73 Å². The fourth-order valence-electron chi connectivity index (χ4n) is 1.17. The summed E-state index contributed by atoms with van der Waals surface area (Å²) in [5.74, 6) is -1.07. The van der Waals surface area contributed by atoms with Crippen LogP contribution in [0.15, 0.2) is 22.7 Å². The molecular weight excluding hydrogens is 223 g/mol. The number of phenols is 1. The summed E-state index contributed by atoms with van der Waals surface area (Å²) in [5.41, 5.74) is 5.44. The van der Waals surface area contributed by atoms with Gasteiger partial charge in [-0.15, -0.1) is 0 Å². The largest absolute Gasteiger partial charge is 0.504 e. The molecule has 0 amide bonds. The van der Waals surface area contributed by atoms with Gasteiger partial charge < -0.3 is 15.4 Å². The quantitative estimate of drug-likeness (QED) is 0.786. The zero-order valence-electron chi connectivity index (χ0n) is 7.37. The van der Waals surface area contributed by atoms with E-state index in [-0.39, 0.29) is 22.2 Å². The molecule has 0 fully saturated rings. The van der Waals surface area contributed by atoms with E-state index in [2.05, 4.69) is 5.16 Å². The highest BCUT2D eigenvalue weighted by Gasteiger charge is 2.14. The molecule has 0 saturated heterocycles. The van der Waals surface area contributed by atoms with Gasteiger partial charge >= 0.3 is 0 Å². The summed E-state index contributed by atoms with van der Waals surface area (Å²) in [4.78, 5) is 0. The van der Waals surface area contributed by atoms with Crippen LogP contribution in [-0.2, 0) is 0 Å². The first-order valence-corrected chi connectivity index (χ1v) is 4.36. The van der Waals surface area contributed by atoms with E-state index in [1.807, 2.05) is 0 Å². The first-order chi connectivity index (χ1) is 7.08. The molecule has 0 aliphatic carbocycles. The fourth-order valence-corrected chi connectivity index (χ4v) is 1.37. The number of aromatic nitrogens is 1. The van der Waals surface area contributed by atoms with Crippen molar-refractivity contribution in [2.45, 2.75) is 0 Å². The Balaban J connectivity index is 2.62. The number of aromatic hydroxyl groups is 1. The number of rotatable bonds is 1. The maximum atomic E-state index is 13.1. The molecule has 0 aliphatic heterocycles. The summed E-state index contributed by atoms with van der Waals surface area (Å²) in [5, 5.41) is 13.0. The normalized spacial score (nSPS) is 10.5. The van der Waals surface area contributed by atoms with Crippen LogP contribution in [0.2, 0.25) is 5.02 Å². The van der Waals surface area contributed by atoms with Crippen LogP contribution in [0.3, 0.4) is 0 Å². The van der Waals surface area contributed by atoms with E-state index in [4.69, 9.17) is 21.9 Å². The molecule has 0 atom stereocenters. The molecule has 0 aliphatic rings. The Bertz CT molecular complexity index is 513. The molecule has 0 unspecified atom stereocenters. The number of phenolic OH excluding ortho intramolecular Hbond substituents is 1. The smallest absolute Gasteiger partial charge is 0.172 e. The Hall–Kier alpha value is -1.75. The summed E-state index contributed by atoms with van der Waals surface area (Å²) < 4.78 is 17.9. The third kappa shape index (κ3) is 1.73. The van der Waals surface area contributed by atoms with Gasteiger partial charge in [0, 0.05) is 11.1 Å². The van der Waals surface area contributed by atoms with Crippen molar-refractivity contribution in [3.63, 3.8) is 0 Å². The van der Waals surface area contributed by atoms with Crippen LogP contribution in [0, 0.1) is 5.82 Å². The van der Waals surface area contributed by atoms with Gasteiger partial charge in [0.25, 0.3) is 0 Å². The molecule has 2 aromatic rings. The zero-order valence-corrected chi connectivity index (χ0v) is 8.12. The molecule has 1 heterocycles. The number of benzene rings is 1. The van der Waals surface area contributed by atoms with Gasteiger partial charge in [-0.1, -0.05) is 16.8 Å². The van der Waals surface area contributed by atoms with E-state index < -0.39 is 11.6 Å². The minimum Gasteiger partial charge on any atom is -0.504 e. The highest BCUT2D eigenvalue weighted by molar-refractivity contribution is 6.31. The second-order valence-corrected chi connectivity index (χ2v) is 3.34. The maximum Gasteiger partial charge on any atom is 0.172 e. The lowest BCUT2D eigenvalue weighted by Crippen LogP contribution is -1.82. The molecule has 0 radical (unpaired) electrons. The number of anilines is 1. The van der Waals surface area contributed by atoms with Gasteiger partial charge in [0.05, 0.1) is 5.56 Å². The monoisotopic (exact) mass is 228 g/mol. The van der Waals surface area contributed by atoms with Gasteiger partial charge in [0.2, 0.25) is 0 Å².